The van der Waals surface area contributed by atoms with Crippen molar-refractivity contribution in [2.75, 3.05) is 5.75 Å². The van der Waals surface area contributed by atoms with Crippen LogP contribution in [0.5, 0.6) is 0 Å². The largest absolute Gasteiger partial charge is 0.353 e. The fourth-order valence-electron chi connectivity index (χ4n) is 3.39. The van der Waals surface area contributed by atoms with E-state index in [2.05, 4.69) is 53.4 Å². The molecule has 1 unspecified atom stereocenters. The molecular weight excluding hydrogens is 394 g/mol. The number of carbonyl (C=O) groups excluding carboxylic acids is 1. The molecule has 0 saturated heterocycles. The van der Waals surface area contributed by atoms with Crippen LogP contribution in [0.15, 0.2) is 53.9 Å². The summed E-state index contributed by atoms with van der Waals surface area (Å²) in [4.78, 5) is 16.6. The van der Waals surface area contributed by atoms with Crippen molar-refractivity contribution in [2.45, 2.75) is 57.7 Å². The summed E-state index contributed by atoms with van der Waals surface area (Å²) in [7, 11) is 0. The number of nitrogens with one attached hydrogen (secondary N) is 1. The topological polar surface area (TPSA) is 72.7 Å². The van der Waals surface area contributed by atoms with E-state index in [1.54, 1.807) is 12.4 Å². The molecule has 3 rings (SSSR count). The molecule has 0 aliphatic carbocycles. The summed E-state index contributed by atoms with van der Waals surface area (Å²) in [5.74, 6) is 1.36. The molecule has 6 nitrogen and oxygen atoms in total. The molecule has 1 amide bonds. The monoisotopic (exact) mass is 423 g/mol. The Bertz CT molecular complexity index is 971. The summed E-state index contributed by atoms with van der Waals surface area (Å²) in [5, 5.41) is 12.6. The molecular formula is C23H29N5OS. The molecule has 3 aromatic rings. The highest BCUT2D eigenvalue weighted by molar-refractivity contribution is 7.99. The SMILES string of the molecule is CCCC(C)NC(=O)CSc1nnc(-c2cccnc2)n1-c1ccccc1C(C)C. The van der Waals surface area contributed by atoms with Gasteiger partial charge in [-0.05, 0) is 43.0 Å². The lowest BCUT2D eigenvalue weighted by Gasteiger charge is -2.17. The fourth-order valence-corrected chi connectivity index (χ4v) is 4.15. The van der Waals surface area contributed by atoms with Gasteiger partial charge in [0.05, 0.1) is 11.4 Å². The van der Waals surface area contributed by atoms with E-state index in [0.29, 0.717) is 16.8 Å². The van der Waals surface area contributed by atoms with Crippen LogP contribution in [0, 0.1) is 0 Å². The molecule has 1 N–H and O–H groups in total. The number of hydrogen-bond acceptors (Lipinski definition) is 5. The van der Waals surface area contributed by atoms with E-state index in [9.17, 15) is 4.79 Å². The van der Waals surface area contributed by atoms with E-state index in [1.165, 1.54) is 17.3 Å². The lowest BCUT2D eigenvalue weighted by atomic mass is 10.0. The summed E-state index contributed by atoms with van der Waals surface area (Å²) in [5.41, 5.74) is 3.11. The molecule has 0 aliphatic rings. The zero-order valence-corrected chi connectivity index (χ0v) is 18.8. The first-order valence-electron chi connectivity index (χ1n) is 10.4. The maximum absolute atomic E-state index is 12.4. The van der Waals surface area contributed by atoms with Gasteiger partial charge in [0.1, 0.15) is 0 Å². The Labute approximate surface area is 182 Å². The van der Waals surface area contributed by atoms with Gasteiger partial charge in [0, 0.05) is 24.0 Å². The van der Waals surface area contributed by atoms with Gasteiger partial charge < -0.3 is 5.32 Å². The predicted molar refractivity (Wildman–Crippen MR) is 122 cm³/mol. The molecule has 1 aromatic carbocycles. The number of aromatic nitrogens is 4. The van der Waals surface area contributed by atoms with Gasteiger partial charge in [-0.2, -0.15) is 0 Å². The zero-order valence-electron chi connectivity index (χ0n) is 18.0. The Morgan fingerprint density at radius 1 is 1.13 bits per heavy atom. The molecule has 0 radical (unpaired) electrons. The number of rotatable bonds is 9. The normalized spacial score (nSPS) is 12.2. The average Bonchev–Trinajstić information content (AvgIpc) is 3.16. The van der Waals surface area contributed by atoms with Crippen LogP contribution in [0.2, 0.25) is 0 Å². The predicted octanol–water partition coefficient (Wildman–Crippen LogP) is 4.85. The highest BCUT2D eigenvalue weighted by Gasteiger charge is 2.20. The van der Waals surface area contributed by atoms with Crippen molar-refractivity contribution in [1.29, 1.82) is 0 Å². The van der Waals surface area contributed by atoms with Gasteiger partial charge in [-0.3, -0.25) is 14.3 Å². The van der Waals surface area contributed by atoms with Gasteiger partial charge in [-0.1, -0.05) is 57.2 Å². The lowest BCUT2D eigenvalue weighted by Crippen LogP contribution is -2.33. The van der Waals surface area contributed by atoms with Crippen LogP contribution in [0.3, 0.4) is 0 Å². The molecule has 2 aromatic heterocycles. The summed E-state index contributed by atoms with van der Waals surface area (Å²) >= 11 is 1.40. The maximum atomic E-state index is 12.4. The van der Waals surface area contributed by atoms with Crippen molar-refractivity contribution < 1.29 is 4.79 Å². The number of amides is 1. The third-order valence-corrected chi connectivity index (χ3v) is 5.74. The molecule has 2 heterocycles. The number of thioether (sulfide) groups is 1. The van der Waals surface area contributed by atoms with Crippen LogP contribution in [0.1, 0.15) is 52.0 Å². The maximum Gasteiger partial charge on any atom is 0.230 e. The summed E-state index contributed by atoms with van der Waals surface area (Å²) < 4.78 is 2.04. The van der Waals surface area contributed by atoms with E-state index in [-0.39, 0.29) is 11.9 Å². The van der Waals surface area contributed by atoms with E-state index >= 15 is 0 Å². The number of pyridine rings is 1. The Morgan fingerprint density at radius 3 is 2.63 bits per heavy atom. The molecule has 30 heavy (non-hydrogen) atoms. The van der Waals surface area contributed by atoms with E-state index in [4.69, 9.17) is 0 Å². The van der Waals surface area contributed by atoms with E-state index in [0.717, 1.165) is 29.9 Å². The molecule has 1 atom stereocenters. The van der Waals surface area contributed by atoms with Crippen LogP contribution in [-0.2, 0) is 4.79 Å². The molecule has 0 aliphatic heterocycles. The van der Waals surface area contributed by atoms with Crippen molar-refractivity contribution in [3.63, 3.8) is 0 Å². The highest BCUT2D eigenvalue weighted by Crippen LogP contribution is 2.31. The van der Waals surface area contributed by atoms with E-state index < -0.39 is 0 Å². The Kier molecular flexibility index (Phi) is 7.63. The molecule has 0 fully saturated rings. The Balaban J connectivity index is 1.95. The van der Waals surface area contributed by atoms with Gasteiger partial charge in [0.25, 0.3) is 0 Å². The number of nitrogens with zero attached hydrogens (tertiary/aromatic N) is 4. The third-order valence-electron chi connectivity index (χ3n) is 4.81. The van der Waals surface area contributed by atoms with Crippen LogP contribution in [-0.4, -0.2) is 37.5 Å². The number of para-hydroxylation sites is 1. The Morgan fingerprint density at radius 2 is 1.93 bits per heavy atom. The smallest absolute Gasteiger partial charge is 0.230 e. The number of benzene rings is 1. The van der Waals surface area contributed by atoms with Gasteiger partial charge in [-0.15, -0.1) is 10.2 Å². The lowest BCUT2D eigenvalue weighted by molar-refractivity contribution is -0.119. The first kappa shape index (κ1) is 22.0. The van der Waals surface area contributed by atoms with Gasteiger partial charge in [-0.25, -0.2) is 0 Å². The van der Waals surface area contributed by atoms with Crippen molar-refractivity contribution in [3.05, 3.63) is 54.4 Å². The molecule has 0 spiro atoms. The average molecular weight is 424 g/mol. The summed E-state index contributed by atoms with van der Waals surface area (Å²) in [6, 6.07) is 12.3. The van der Waals surface area contributed by atoms with Crippen molar-refractivity contribution in [3.8, 4) is 17.1 Å². The summed E-state index contributed by atoms with van der Waals surface area (Å²) in [6.07, 6.45) is 5.54. The minimum atomic E-state index is 0.00979. The second kappa shape index (κ2) is 10.4. The minimum Gasteiger partial charge on any atom is -0.353 e. The standard InChI is InChI=1S/C23H29N5OS/c1-5-9-17(4)25-21(29)15-30-23-27-26-22(18-10-8-13-24-14-18)28(23)20-12-7-6-11-19(20)16(2)3/h6-8,10-14,16-17H,5,9,15H2,1-4H3,(H,25,29). The Hall–Kier alpha value is -2.67. The fraction of sp³-hybridized carbons (Fsp3) is 0.391. The van der Waals surface area contributed by atoms with Crippen LogP contribution >= 0.6 is 11.8 Å². The molecule has 0 bridgehead atoms. The van der Waals surface area contributed by atoms with Gasteiger partial charge in [0.15, 0.2) is 11.0 Å². The van der Waals surface area contributed by atoms with E-state index in [1.807, 2.05) is 35.8 Å². The first-order chi connectivity index (χ1) is 14.5. The first-order valence-corrected chi connectivity index (χ1v) is 11.4. The molecule has 0 saturated carbocycles. The third kappa shape index (κ3) is 5.27. The van der Waals surface area contributed by atoms with Crippen molar-refractivity contribution in [2.24, 2.45) is 0 Å². The van der Waals surface area contributed by atoms with Crippen LogP contribution in [0.25, 0.3) is 17.1 Å². The summed E-state index contributed by atoms with van der Waals surface area (Å²) in [6.45, 7) is 8.49. The minimum absolute atomic E-state index is 0.00979. The zero-order chi connectivity index (χ0) is 21.5. The van der Waals surface area contributed by atoms with Crippen molar-refractivity contribution in [1.82, 2.24) is 25.1 Å². The molecule has 7 heteroatoms. The van der Waals surface area contributed by atoms with Gasteiger partial charge >= 0.3 is 0 Å². The second-order valence-electron chi connectivity index (χ2n) is 7.64. The molecule has 158 valence electrons. The second-order valence-corrected chi connectivity index (χ2v) is 8.59. The van der Waals surface area contributed by atoms with Crippen LogP contribution in [0.4, 0.5) is 0 Å². The van der Waals surface area contributed by atoms with Crippen LogP contribution < -0.4 is 5.32 Å². The quantitative estimate of drug-likeness (QED) is 0.498. The van der Waals surface area contributed by atoms with Crippen molar-refractivity contribution >= 4 is 17.7 Å². The highest BCUT2D eigenvalue weighted by atomic mass is 32.2. The number of hydrogen-bond donors (Lipinski definition) is 1. The van der Waals surface area contributed by atoms with Gasteiger partial charge in [0.2, 0.25) is 5.91 Å². The number of carbonyl (C=O) groups is 1.